The lowest BCUT2D eigenvalue weighted by Gasteiger charge is -2.16. The molecule has 1 aliphatic heterocycles. The van der Waals surface area contributed by atoms with Gasteiger partial charge in [0, 0.05) is 25.4 Å². The van der Waals surface area contributed by atoms with Gasteiger partial charge in [0.1, 0.15) is 25.3 Å². The van der Waals surface area contributed by atoms with Crippen LogP contribution in [-0.4, -0.2) is 54.7 Å². The summed E-state index contributed by atoms with van der Waals surface area (Å²) in [7, 11) is 0. The lowest BCUT2D eigenvalue weighted by molar-refractivity contribution is -0.131. The van der Waals surface area contributed by atoms with Crippen molar-refractivity contribution in [2.24, 2.45) is 0 Å². The van der Waals surface area contributed by atoms with Crippen molar-refractivity contribution in [1.29, 1.82) is 0 Å². The molecule has 1 atom stereocenters. The Bertz CT molecular complexity index is 559. The highest BCUT2D eigenvalue weighted by atomic mass is 16.5. The first-order valence-corrected chi connectivity index (χ1v) is 6.34. The number of nitrogens with zero attached hydrogens (tertiary/aromatic N) is 6. The molecule has 20 heavy (non-hydrogen) atoms. The zero-order valence-electron chi connectivity index (χ0n) is 10.8. The van der Waals surface area contributed by atoms with Crippen molar-refractivity contribution in [3.8, 4) is 5.88 Å². The summed E-state index contributed by atoms with van der Waals surface area (Å²) in [5, 5.41) is 3.92. The predicted octanol–water partition coefficient (Wildman–Crippen LogP) is -0.252. The Balaban J connectivity index is 1.53. The summed E-state index contributed by atoms with van der Waals surface area (Å²) >= 11 is 0. The molecule has 1 fully saturated rings. The first-order chi connectivity index (χ1) is 9.81. The molecule has 2 aromatic rings. The number of rotatable bonds is 4. The number of aromatic nitrogens is 5. The lowest BCUT2D eigenvalue weighted by Crippen LogP contribution is -2.33. The van der Waals surface area contributed by atoms with Gasteiger partial charge in [-0.2, -0.15) is 5.10 Å². The summed E-state index contributed by atoms with van der Waals surface area (Å²) in [5.41, 5.74) is 0. The van der Waals surface area contributed by atoms with Crippen LogP contribution >= 0.6 is 0 Å². The van der Waals surface area contributed by atoms with Crippen molar-refractivity contribution in [2.45, 2.75) is 19.1 Å². The second-order valence-corrected chi connectivity index (χ2v) is 4.50. The van der Waals surface area contributed by atoms with E-state index in [1.807, 2.05) is 0 Å². The maximum absolute atomic E-state index is 12.1. The summed E-state index contributed by atoms with van der Waals surface area (Å²) < 4.78 is 7.20. The summed E-state index contributed by atoms with van der Waals surface area (Å²) in [4.78, 5) is 25.7. The smallest absolute Gasteiger partial charge is 0.244 e. The first kappa shape index (κ1) is 12.5. The van der Waals surface area contributed by atoms with E-state index in [-0.39, 0.29) is 18.6 Å². The van der Waals surface area contributed by atoms with Crippen molar-refractivity contribution in [1.82, 2.24) is 29.6 Å². The van der Waals surface area contributed by atoms with Crippen LogP contribution in [0.1, 0.15) is 6.42 Å². The largest absolute Gasteiger partial charge is 0.471 e. The molecule has 2 aromatic heterocycles. The predicted molar refractivity (Wildman–Crippen MR) is 67.7 cm³/mol. The van der Waals surface area contributed by atoms with E-state index >= 15 is 0 Å². The highest BCUT2D eigenvalue weighted by molar-refractivity contribution is 5.76. The van der Waals surface area contributed by atoms with Crippen LogP contribution in [0.25, 0.3) is 0 Å². The van der Waals surface area contributed by atoms with E-state index in [0.29, 0.717) is 19.0 Å². The fraction of sp³-hybridized carbons (Fsp3) is 0.417. The van der Waals surface area contributed by atoms with Crippen LogP contribution in [0.3, 0.4) is 0 Å². The van der Waals surface area contributed by atoms with Gasteiger partial charge in [-0.3, -0.25) is 9.78 Å². The lowest BCUT2D eigenvalue weighted by atomic mass is 10.3. The van der Waals surface area contributed by atoms with Crippen LogP contribution in [0.2, 0.25) is 0 Å². The van der Waals surface area contributed by atoms with Gasteiger partial charge in [0.2, 0.25) is 11.8 Å². The Hall–Kier alpha value is -2.51. The molecule has 0 saturated carbocycles. The molecule has 1 unspecified atom stereocenters. The van der Waals surface area contributed by atoms with E-state index in [9.17, 15) is 4.79 Å². The van der Waals surface area contributed by atoms with Gasteiger partial charge in [0.15, 0.2) is 0 Å². The second kappa shape index (κ2) is 5.64. The molecule has 0 bridgehead atoms. The molecular formula is C12H14N6O2. The molecule has 0 N–H and O–H groups in total. The minimum Gasteiger partial charge on any atom is -0.471 e. The Morgan fingerprint density at radius 2 is 2.35 bits per heavy atom. The number of ether oxygens (including phenoxy) is 1. The summed E-state index contributed by atoms with van der Waals surface area (Å²) in [6, 6.07) is 0. The number of carbonyl (C=O) groups excluding carboxylic acids is 1. The maximum atomic E-state index is 12.1. The maximum Gasteiger partial charge on any atom is 0.244 e. The Morgan fingerprint density at radius 1 is 1.40 bits per heavy atom. The van der Waals surface area contributed by atoms with Crippen molar-refractivity contribution in [3.63, 3.8) is 0 Å². The summed E-state index contributed by atoms with van der Waals surface area (Å²) in [5.74, 6) is 0.504. The van der Waals surface area contributed by atoms with Crippen LogP contribution < -0.4 is 4.74 Å². The monoisotopic (exact) mass is 274 g/mol. The topological polar surface area (TPSA) is 86.0 Å². The molecular weight excluding hydrogens is 260 g/mol. The third-order valence-corrected chi connectivity index (χ3v) is 3.09. The average molecular weight is 274 g/mol. The van der Waals surface area contributed by atoms with E-state index in [1.54, 1.807) is 23.5 Å². The van der Waals surface area contributed by atoms with E-state index in [0.717, 1.165) is 6.42 Å². The van der Waals surface area contributed by atoms with Crippen LogP contribution in [0, 0.1) is 0 Å². The van der Waals surface area contributed by atoms with Crippen molar-refractivity contribution >= 4 is 5.91 Å². The molecule has 0 aromatic carbocycles. The molecule has 1 saturated heterocycles. The van der Waals surface area contributed by atoms with Gasteiger partial charge >= 0.3 is 0 Å². The Labute approximate surface area is 115 Å². The molecule has 3 heterocycles. The minimum atomic E-state index is -0.0357. The molecule has 8 heteroatoms. The molecule has 1 aliphatic rings. The van der Waals surface area contributed by atoms with Gasteiger partial charge in [-0.1, -0.05) is 0 Å². The van der Waals surface area contributed by atoms with E-state index in [4.69, 9.17) is 4.74 Å². The minimum absolute atomic E-state index is 0.0146. The molecule has 0 spiro atoms. The molecule has 1 amide bonds. The standard InChI is InChI=1S/C12H14N6O2/c19-12(7-18-9-14-8-16-18)17-4-1-10(6-17)20-11-5-13-2-3-15-11/h2-3,5,8-10H,1,4,6-7H2. The van der Waals surface area contributed by atoms with Gasteiger partial charge < -0.3 is 9.64 Å². The highest BCUT2D eigenvalue weighted by Gasteiger charge is 2.28. The van der Waals surface area contributed by atoms with Crippen LogP contribution in [0.5, 0.6) is 5.88 Å². The van der Waals surface area contributed by atoms with Gasteiger partial charge in [-0.05, 0) is 0 Å². The highest BCUT2D eigenvalue weighted by Crippen LogP contribution is 2.15. The average Bonchev–Trinajstić information content (AvgIpc) is 3.11. The van der Waals surface area contributed by atoms with Gasteiger partial charge in [-0.15, -0.1) is 0 Å². The number of hydrogen-bond acceptors (Lipinski definition) is 6. The number of carbonyl (C=O) groups is 1. The number of amides is 1. The molecule has 0 radical (unpaired) electrons. The normalized spacial score (nSPS) is 18.2. The van der Waals surface area contributed by atoms with Crippen LogP contribution in [-0.2, 0) is 11.3 Å². The summed E-state index contributed by atoms with van der Waals surface area (Å²) in [6.07, 6.45) is 8.44. The van der Waals surface area contributed by atoms with Gasteiger partial charge in [0.05, 0.1) is 12.7 Å². The molecule has 3 rings (SSSR count). The Morgan fingerprint density at radius 3 is 3.10 bits per heavy atom. The third kappa shape index (κ3) is 2.90. The Kier molecular flexibility index (Phi) is 3.53. The fourth-order valence-electron chi connectivity index (χ4n) is 2.12. The number of hydrogen-bond donors (Lipinski definition) is 0. The summed E-state index contributed by atoms with van der Waals surface area (Å²) in [6.45, 7) is 1.44. The van der Waals surface area contributed by atoms with Crippen molar-refractivity contribution < 1.29 is 9.53 Å². The van der Waals surface area contributed by atoms with Crippen LogP contribution in [0.15, 0.2) is 31.2 Å². The van der Waals surface area contributed by atoms with E-state index < -0.39 is 0 Å². The van der Waals surface area contributed by atoms with Gasteiger partial charge in [0.25, 0.3) is 0 Å². The molecule has 104 valence electrons. The SMILES string of the molecule is O=C(Cn1cncn1)N1CCC(Oc2cnccn2)C1. The molecule has 0 aliphatic carbocycles. The van der Waals surface area contributed by atoms with E-state index in [1.165, 1.54) is 17.3 Å². The number of likely N-dealkylation sites (tertiary alicyclic amines) is 1. The van der Waals surface area contributed by atoms with Crippen molar-refractivity contribution in [3.05, 3.63) is 31.2 Å². The quantitative estimate of drug-likeness (QED) is 0.764. The zero-order valence-corrected chi connectivity index (χ0v) is 10.8. The zero-order chi connectivity index (χ0) is 13.8. The van der Waals surface area contributed by atoms with Gasteiger partial charge in [-0.25, -0.2) is 14.6 Å². The second-order valence-electron chi connectivity index (χ2n) is 4.50. The third-order valence-electron chi connectivity index (χ3n) is 3.09. The molecule has 8 nitrogen and oxygen atoms in total. The van der Waals surface area contributed by atoms with Crippen LogP contribution in [0.4, 0.5) is 0 Å². The van der Waals surface area contributed by atoms with E-state index in [2.05, 4.69) is 20.1 Å². The first-order valence-electron chi connectivity index (χ1n) is 6.34. The van der Waals surface area contributed by atoms with Crippen molar-refractivity contribution in [2.75, 3.05) is 13.1 Å². The fourth-order valence-corrected chi connectivity index (χ4v) is 2.12.